The molecule has 0 aromatic heterocycles. The van der Waals surface area contributed by atoms with Gasteiger partial charge in [0.05, 0.1) is 22.9 Å². The van der Waals surface area contributed by atoms with Crippen molar-refractivity contribution in [2.24, 2.45) is 0 Å². The fourth-order valence-electron chi connectivity index (χ4n) is 2.93. The van der Waals surface area contributed by atoms with Crippen molar-refractivity contribution < 1.29 is 30.0 Å². The van der Waals surface area contributed by atoms with Crippen LogP contribution in [0.5, 0.6) is 5.75 Å². The Kier molecular flexibility index (Phi) is 3.73. The maximum atomic E-state index is 10.9. The predicted octanol–water partition coefficient (Wildman–Crippen LogP) is 1.23. The summed E-state index contributed by atoms with van der Waals surface area (Å²) in [5.74, 6) is -1.35. The molecule has 0 radical (unpaired) electrons. The molecule has 0 amide bonds. The quantitative estimate of drug-likeness (QED) is 0.654. The minimum absolute atomic E-state index is 0.0319. The van der Waals surface area contributed by atoms with Gasteiger partial charge in [0.2, 0.25) is 0 Å². The highest BCUT2D eigenvalue weighted by Crippen LogP contribution is 2.44. The number of carbonyl (C=O) groups is 1. The average Bonchev–Trinajstić information content (AvgIpc) is 2.34. The molecule has 21 heavy (non-hydrogen) atoms. The molecule has 116 valence electrons. The summed E-state index contributed by atoms with van der Waals surface area (Å²) < 4.78 is 5.89. The van der Waals surface area contributed by atoms with Crippen LogP contribution in [0.2, 0.25) is 0 Å². The maximum absolute atomic E-state index is 10.9. The summed E-state index contributed by atoms with van der Waals surface area (Å²) in [6, 6.07) is 3.99. The SMILES string of the molecule is CC1(C)O[C@@](C)(c2ccc(C(=O)O)cc2O)C[C@H](O)[C@H]1O. The highest BCUT2D eigenvalue weighted by molar-refractivity contribution is 5.88. The van der Waals surface area contributed by atoms with Crippen molar-refractivity contribution in [1.82, 2.24) is 0 Å². The van der Waals surface area contributed by atoms with Crippen LogP contribution >= 0.6 is 0 Å². The Morgan fingerprint density at radius 1 is 1.29 bits per heavy atom. The fraction of sp³-hybridized carbons (Fsp3) is 0.533. The Labute approximate surface area is 122 Å². The van der Waals surface area contributed by atoms with Crippen LogP contribution in [0.25, 0.3) is 0 Å². The molecule has 0 aliphatic carbocycles. The summed E-state index contributed by atoms with van der Waals surface area (Å²) in [5, 5.41) is 39.0. The standard InChI is InChI=1S/C15H20O6/c1-14(2)12(18)11(17)7-15(3,21-14)9-5-4-8(13(19)20)6-10(9)16/h4-6,11-12,16-18H,7H2,1-3H3,(H,19,20)/t11-,12+,15+/m0/s1. The van der Waals surface area contributed by atoms with Crippen LogP contribution in [0.1, 0.15) is 43.1 Å². The molecule has 1 heterocycles. The molecule has 1 saturated heterocycles. The molecule has 1 fully saturated rings. The van der Waals surface area contributed by atoms with Gasteiger partial charge in [0.1, 0.15) is 11.9 Å². The van der Waals surface area contributed by atoms with Crippen molar-refractivity contribution in [2.45, 2.75) is 50.6 Å². The van der Waals surface area contributed by atoms with Gasteiger partial charge in [-0.15, -0.1) is 0 Å². The summed E-state index contributed by atoms with van der Waals surface area (Å²) in [6.07, 6.45) is -1.94. The van der Waals surface area contributed by atoms with Gasteiger partial charge >= 0.3 is 5.97 Å². The molecule has 0 spiro atoms. The smallest absolute Gasteiger partial charge is 0.335 e. The molecule has 6 heteroatoms. The molecule has 0 unspecified atom stereocenters. The number of benzene rings is 1. The van der Waals surface area contributed by atoms with Crippen molar-refractivity contribution in [3.05, 3.63) is 29.3 Å². The Morgan fingerprint density at radius 3 is 2.38 bits per heavy atom. The number of hydrogen-bond acceptors (Lipinski definition) is 5. The first-order valence-electron chi connectivity index (χ1n) is 6.70. The van der Waals surface area contributed by atoms with Crippen LogP contribution in [0.15, 0.2) is 18.2 Å². The lowest BCUT2D eigenvalue weighted by Crippen LogP contribution is -2.57. The Bertz CT molecular complexity index is 567. The van der Waals surface area contributed by atoms with Crippen LogP contribution in [-0.4, -0.2) is 44.2 Å². The molecule has 6 nitrogen and oxygen atoms in total. The third-order valence-electron chi connectivity index (χ3n) is 3.98. The number of aliphatic hydroxyl groups is 2. The zero-order valence-electron chi connectivity index (χ0n) is 12.2. The molecule has 2 rings (SSSR count). The number of aromatic carboxylic acids is 1. The largest absolute Gasteiger partial charge is 0.508 e. The Hall–Kier alpha value is -1.63. The minimum Gasteiger partial charge on any atom is -0.508 e. The van der Waals surface area contributed by atoms with E-state index in [0.717, 1.165) is 6.07 Å². The van der Waals surface area contributed by atoms with Crippen molar-refractivity contribution in [3.63, 3.8) is 0 Å². The second-order valence-corrected chi connectivity index (χ2v) is 6.19. The average molecular weight is 296 g/mol. The van der Waals surface area contributed by atoms with E-state index in [9.17, 15) is 20.1 Å². The van der Waals surface area contributed by atoms with Crippen molar-refractivity contribution in [2.75, 3.05) is 0 Å². The minimum atomic E-state index is -1.14. The normalized spacial score (nSPS) is 31.9. The molecule has 4 N–H and O–H groups in total. The second kappa shape index (κ2) is 4.98. The number of aromatic hydroxyl groups is 1. The monoisotopic (exact) mass is 296 g/mol. The van der Waals surface area contributed by atoms with Crippen LogP contribution in [0, 0.1) is 0 Å². The summed E-state index contributed by atoms with van der Waals surface area (Å²) in [4.78, 5) is 10.9. The van der Waals surface area contributed by atoms with E-state index >= 15 is 0 Å². The first kappa shape index (κ1) is 15.8. The van der Waals surface area contributed by atoms with E-state index in [2.05, 4.69) is 0 Å². The van der Waals surface area contributed by atoms with Gasteiger partial charge in [-0.2, -0.15) is 0 Å². The van der Waals surface area contributed by atoms with Crippen molar-refractivity contribution in [3.8, 4) is 5.75 Å². The Morgan fingerprint density at radius 2 is 1.90 bits per heavy atom. The zero-order chi connectivity index (χ0) is 16.0. The lowest BCUT2D eigenvalue weighted by molar-refractivity contribution is -0.254. The highest BCUT2D eigenvalue weighted by Gasteiger charge is 2.49. The molecule has 3 atom stereocenters. The summed E-state index contributed by atoms with van der Waals surface area (Å²) >= 11 is 0. The topological polar surface area (TPSA) is 107 Å². The molecule has 1 aromatic carbocycles. The number of aliphatic hydroxyl groups excluding tert-OH is 2. The number of rotatable bonds is 2. The highest BCUT2D eigenvalue weighted by atomic mass is 16.5. The third kappa shape index (κ3) is 2.74. The van der Waals surface area contributed by atoms with Crippen LogP contribution in [-0.2, 0) is 10.3 Å². The molecule has 1 aliphatic rings. The van der Waals surface area contributed by atoms with Gasteiger partial charge in [0.25, 0.3) is 0 Å². The Balaban J connectivity index is 2.43. The van der Waals surface area contributed by atoms with E-state index < -0.39 is 29.4 Å². The van der Waals surface area contributed by atoms with Crippen LogP contribution in [0.4, 0.5) is 0 Å². The van der Waals surface area contributed by atoms with Crippen LogP contribution < -0.4 is 0 Å². The summed E-state index contributed by atoms with van der Waals surface area (Å²) in [6.45, 7) is 5.00. The number of phenols is 1. The third-order valence-corrected chi connectivity index (χ3v) is 3.98. The van der Waals surface area contributed by atoms with E-state index in [1.54, 1.807) is 20.8 Å². The lowest BCUT2D eigenvalue weighted by atomic mass is 9.79. The lowest BCUT2D eigenvalue weighted by Gasteiger charge is -2.48. The van der Waals surface area contributed by atoms with Gasteiger partial charge in [-0.1, -0.05) is 6.07 Å². The first-order chi connectivity index (χ1) is 9.57. The van der Waals surface area contributed by atoms with Crippen molar-refractivity contribution >= 4 is 5.97 Å². The van der Waals surface area contributed by atoms with Gasteiger partial charge < -0.3 is 25.2 Å². The molecule has 0 bridgehead atoms. The number of hydrogen-bond donors (Lipinski definition) is 4. The number of ether oxygens (including phenoxy) is 1. The number of carboxylic acid groups (broad SMARTS) is 1. The molecular weight excluding hydrogens is 276 g/mol. The van der Waals surface area contributed by atoms with Gasteiger partial charge in [-0.25, -0.2) is 4.79 Å². The van der Waals surface area contributed by atoms with Gasteiger partial charge in [0, 0.05) is 12.0 Å². The van der Waals surface area contributed by atoms with Crippen molar-refractivity contribution in [1.29, 1.82) is 0 Å². The van der Waals surface area contributed by atoms with Gasteiger partial charge in [-0.05, 0) is 32.9 Å². The molecule has 1 aromatic rings. The summed E-state index contributed by atoms with van der Waals surface area (Å²) in [7, 11) is 0. The number of carboxylic acids is 1. The molecular formula is C15H20O6. The van der Waals surface area contributed by atoms with E-state index in [0.29, 0.717) is 5.56 Å². The predicted molar refractivity (Wildman–Crippen MR) is 74.2 cm³/mol. The maximum Gasteiger partial charge on any atom is 0.335 e. The van der Waals surface area contributed by atoms with E-state index in [4.69, 9.17) is 9.84 Å². The molecule has 1 aliphatic heterocycles. The fourth-order valence-corrected chi connectivity index (χ4v) is 2.93. The van der Waals surface area contributed by atoms with E-state index in [1.165, 1.54) is 12.1 Å². The first-order valence-corrected chi connectivity index (χ1v) is 6.70. The zero-order valence-corrected chi connectivity index (χ0v) is 12.2. The van der Waals surface area contributed by atoms with Crippen LogP contribution in [0.3, 0.4) is 0 Å². The second-order valence-electron chi connectivity index (χ2n) is 6.19. The van der Waals surface area contributed by atoms with Gasteiger partial charge in [-0.3, -0.25) is 0 Å². The van der Waals surface area contributed by atoms with E-state index in [-0.39, 0.29) is 17.7 Å². The summed E-state index contributed by atoms with van der Waals surface area (Å²) in [5.41, 5.74) is -1.67. The molecule has 0 saturated carbocycles. The number of phenolic OH excluding ortho intramolecular Hbond substituents is 1. The van der Waals surface area contributed by atoms with Gasteiger partial charge in [0.15, 0.2) is 0 Å². The van der Waals surface area contributed by atoms with E-state index in [1.807, 2.05) is 0 Å².